The molecule has 340 valence electrons. The molecule has 1 saturated heterocycles. The maximum atomic E-state index is 16.1. The first-order valence-electron chi connectivity index (χ1n) is 12.1. The molecule has 0 radical (unpaired) electrons. The summed E-state index contributed by atoms with van der Waals surface area (Å²) in [4.78, 5) is -11.7. The summed E-state index contributed by atoms with van der Waals surface area (Å²) in [6.07, 6.45) is -45.6. The normalized spacial score (nSPS) is 33.0. The zero-order chi connectivity index (χ0) is 46.9. The molecule has 2 rings (SSSR count). The molecule has 57 heavy (non-hydrogen) atoms. The maximum absolute atomic E-state index is 16.1. The molecule has 0 bridgehead atoms. The van der Waals surface area contributed by atoms with Crippen molar-refractivity contribution in [1.82, 2.24) is 9.80 Å². The molecular formula is C18F36N2O. The lowest BCUT2D eigenvalue weighted by Crippen LogP contribution is -3.02. The van der Waals surface area contributed by atoms with Crippen molar-refractivity contribution in [2.45, 2.75) is 108 Å². The first kappa shape index (κ1) is 50.5. The van der Waals surface area contributed by atoms with Gasteiger partial charge in [-0.05, 0) is 0 Å². The molecule has 3 nitrogen and oxygen atoms in total. The molecule has 0 N–H and O–H groups in total. The van der Waals surface area contributed by atoms with Crippen LogP contribution in [0.1, 0.15) is 0 Å². The average molecular weight is 944 g/mol. The van der Waals surface area contributed by atoms with Crippen molar-refractivity contribution in [3.63, 3.8) is 0 Å². The molecule has 1 heterocycles. The SMILES string of the molecule is FC(F)(F)N(C(F)(F)F)C(F)(F)C(F)(F)OC1(F)N(C(F)(F)F)C(F)(C(F)(F)C(F)(F)C(F)(F)C(F)(F)F)C(F)(F)C2(F)C(F)(F)C(F)(F)C(F)(F)C(F)(F)C12F. The molecule has 0 aromatic rings. The van der Waals surface area contributed by atoms with E-state index in [2.05, 4.69) is 0 Å². The van der Waals surface area contributed by atoms with E-state index in [1.54, 1.807) is 0 Å². The highest BCUT2D eigenvalue weighted by Gasteiger charge is 3.15. The van der Waals surface area contributed by atoms with Gasteiger partial charge >= 0.3 is 96.4 Å². The van der Waals surface area contributed by atoms with E-state index in [0.29, 0.717) is 4.74 Å². The molecule has 4 unspecified atom stereocenters. The predicted molar refractivity (Wildman–Crippen MR) is 93.8 cm³/mol. The lowest BCUT2D eigenvalue weighted by molar-refractivity contribution is -0.624. The van der Waals surface area contributed by atoms with E-state index in [9.17, 15) is 132 Å². The van der Waals surface area contributed by atoms with E-state index in [-0.39, 0.29) is 0 Å². The second-order valence-corrected chi connectivity index (χ2v) is 10.8. The fourth-order valence-electron chi connectivity index (χ4n) is 5.00. The Morgan fingerprint density at radius 2 is 0.702 bits per heavy atom. The number of alkyl halides is 36. The molecule has 0 aromatic carbocycles. The summed E-state index contributed by atoms with van der Waals surface area (Å²) >= 11 is 0. The van der Waals surface area contributed by atoms with Crippen LogP contribution in [-0.2, 0) is 4.74 Å². The van der Waals surface area contributed by atoms with Crippen LogP contribution in [0.5, 0.6) is 0 Å². The number of fused-ring (bicyclic) bond motifs is 1. The quantitative estimate of drug-likeness (QED) is 0.187. The lowest BCUT2D eigenvalue weighted by Gasteiger charge is -2.68. The van der Waals surface area contributed by atoms with Gasteiger partial charge < -0.3 is 0 Å². The highest BCUT2D eigenvalue weighted by atomic mass is 19.5. The smallest absolute Gasteiger partial charge is 0.260 e. The summed E-state index contributed by atoms with van der Waals surface area (Å²) in [5.74, 6) is -102. The van der Waals surface area contributed by atoms with Crippen molar-refractivity contribution in [2.24, 2.45) is 0 Å². The Hall–Kier alpha value is -2.64. The Bertz CT molecular complexity index is 1550. The van der Waals surface area contributed by atoms with Gasteiger partial charge in [-0.25, -0.2) is 13.2 Å². The Labute approximate surface area is 282 Å². The van der Waals surface area contributed by atoms with Gasteiger partial charge in [-0.2, -0.15) is 145 Å². The number of likely N-dealkylation sites (tertiary alicyclic amines) is 1. The minimum absolute atomic E-state index is 0.666. The standard InChI is InChI=1S/C18F36N2O/c19-1-2(20,4(23,24)7(29,30)6(27,28)3(1,21)22)15(45,57-14(43,44)13(41,42)56(17(49,50)51)18(52,53)54)55(16(46,47)48)11(37,5(1,25)26)9(33,34)8(31,32)10(35,36)12(38,39)40. The van der Waals surface area contributed by atoms with E-state index < -0.39 is 118 Å². The summed E-state index contributed by atoms with van der Waals surface area (Å²) in [7, 11) is 0. The van der Waals surface area contributed by atoms with E-state index in [1.807, 2.05) is 0 Å². The molecule has 0 aromatic heterocycles. The molecule has 1 saturated carbocycles. The van der Waals surface area contributed by atoms with Crippen molar-refractivity contribution in [3.05, 3.63) is 0 Å². The Morgan fingerprint density at radius 1 is 0.386 bits per heavy atom. The summed E-state index contributed by atoms with van der Waals surface area (Å²) in [6, 6.07) is -9.52. The largest absolute Gasteiger partial charge is 0.472 e. The minimum atomic E-state index is -10.8. The molecule has 2 fully saturated rings. The monoisotopic (exact) mass is 944 g/mol. The second-order valence-electron chi connectivity index (χ2n) is 10.8. The van der Waals surface area contributed by atoms with Crippen molar-refractivity contribution in [2.75, 3.05) is 0 Å². The summed E-state index contributed by atoms with van der Waals surface area (Å²) in [5.41, 5.74) is -21.3. The van der Waals surface area contributed by atoms with Crippen LogP contribution in [0, 0.1) is 0 Å². The number of nitrogens with zero attached hydrogens (tertiary/aromatic N) is 2. The third-order valence-corrected chi connectivity index (χ3v) is 7.61. The Kier molecular flexibility index (Phi) is 10.3. The minimum Gasteiger partial charge on any atom is -0.260 e. The molecule has 0 amide bonds. The highest BCUT2D eigenvalue weighted by Crippen LogP contribution is 2.82. The van der Waals surface area contributed by atoms with E-state index in [0.717, 1.165) is 0 Å². The van der Waals surface area contributed by atoms with Crippen molar-refractivity contribution in [1.29, 1.82) is 0 Å². The van der Waals surface area contributed by atoms with Crippen LogP contribution in [0.25, 0.3) is 0 Å². The van der Waals surface area contributed by atoms with E-state index in [4.69, 9.17) is 0 Å². The van der Waals surface area contributed by atoms with Gasteiger partial charge in [0.1, 0.15) is 0 Å². The zero-order valence-electron chi connectivity index (χ0n) is 23.9. The average Bonchev–Trinajstić information content (AvgIpc) is 2.90. The van der Waals surface area contributed by atoms with Crippen molar-refractivity contribution >= 4 is 0 Å². The molecule has 39 heteroatoms. The number of hydrogen-bond acceptors (Lipinski definition) is 3. The molecule has 0 spiro atoms. The Balaban J connectivity index is 3.66. The second kappa shape index (κ2) is 11.6. The fraction of sp³-hybridized carbons (Fsp3) is 1.00. The van der Waals surface area contributed by atoms with Crippen molar-refractivity contribution in [3.8, 4) is 0 Å². The number of piperidine rings is 1. The first-order valence-corrected chi connectivity index (χ1v) is 12.1. The van der Waals surface area contributed by atoms with Gasteiger partial charge in [-0.3, -0.25) is 4.74 Å². The van der Waals surface area contributed by atoms with Crippen LogP contribution in [-0.4, -0.2) is 118 Å². The van der Waals surface area contributed by atoms with Crippen LogP contribution >= 0.6 is 0 Å². The van der Waals surface area contributed by atoms with Gasteiger partial charge in [-0.15, -0.1) is 4.90 Å². The van der Waals surface area contributed by atoms with Gasteiger partial charge in [0.2, 0.25) is 0 Å². The lowest BCUT2D eigenvalue weighted by atomic mass is 9.56. The first-order chi connectivity index (χ1) is 23.9. The van der Waals surface area contributed by atoms with Crippen molar-refractivity contribution < 1.29 is 163 Å². The number of hydrogen-bond donors (Lipinski definition) is 0. The number of ether oxygens (including phenoxy) is 1. The molecular weight excluding hydrogens is 944 g/mol. The maximum Gasteiger partial charge on any atom is 0.472 e. The van der Waals surface area contributed by atoms with E-state index in [1.165, 1.54) is 0 Å². The fourth-order valence-corrected chi connectivity index (χ4v) is 5.00. The van der Waals surface area contributed by atoms with Gasteiger partial charge in [0.15, 0.2) is 0 Å². The molecule has 2 aliphatic rings. The molecule has 1 aliphatic carbocycles. The third-order valence-electron chi connectivity index (χ3n) is 7.61. The third kappa shape index (κ3) is 5.15. The summed E-state index contributed by atoms with van der Waals surface area (Å²) in [6.45, 7) is 0. The predicted octanol–water partition coefficient (Wildman–Crippen LogP) is 10.7. The summed E-state index contributed by atoms with van der Waals surface area (Å²) in [5, 5.41) is 0. The van der Waals surface area contributed by atoms with Crippen LogP contribution in [0.4, 0.5) is 158 Å². The highest BCUT2D eigenvalue weighted by molar-refractivity contribution is 5.42. The van der Waals surface area contributed by atoms with E-state index >= 15 is 26.3 Å². The van der Waals surface area contributed by atoms with Crippen LogP contribution in [0.2, 0.25) is 0 Å². The van der Waals surface area contributed by atoms with Gasteiger partial charge in [0.05, 0.1) is 0 Å². The molecule has 1 aliphatic heterocycles. The zero-order valence-corrected chi connectivity index (χ0v) is 23.9. The van der Waals surface area contributed by atoms with Gasteiger partial charge in [0, 0.05) is 0 Å². The van der Waals surface area contributed by atoms with Crippen LogP contribution in [0.3, 0.4) is 0 Å². The summed E-state index contributed by atoms with van der Waals surface area (Å²) < 4.78 is 508. The molecule has 4 atom stereocenters. The Morgan fingerprint density at radius 3 is 0.982 bits per heavy atom. The number of rotatable bonds is 7. The van der Waals surface area contributed by atoms with Gasteiger partial charge in [0.25, 0.3) is 11.3 Å². The van der Waals surface area contributed by atoms with Crippen LogP contribution in [0.15, 0.2) is 0 Å². The topological polar surface area (TPSA) is 15.7 Å². The van der Waals surface area contributed by atoms with Crippen LogP contribution < -0.4 is 0 Å². The van der Waals surface area contributed by atoms with Gasteiger partial charge in [-0.1, -0.05) is 4.90 Å². The number of halogens is 36.